The number of fused-ring (bicyclic) bond motifs is 3. The number of nitrogens with one attached hydrogen (secondary N) is 2. The Morgan fingerprint density at radius 3 is 1.31 bits per heavy atom. The smallest absolute Gasteiger partial charge is 0.0705 e. The van der Waals surface area contributed by atoms with Gasteiger partial charge in [0, 0.05) is 22.8 Å². The van der Waals surface area contributed by atoms with Gasteiger partial charge in [0.05, 0.1) is 11.4 Å². The maximum Gasteiger partial charge on any atom is 0.0705 e. The zero-order chi connectivity index (χ0) is 17.3. The fraction of sp³-hybridized carbons (Fsp3) is 0. The summed E-state index contributed by atoms with van der Waals surface area (Å²) in [4.78, 5) is 0. The average Bonchev–Trinajstić information content (AvgIpc) is 2.74. The number of rotatable bonds is 2. The summed E-state index contributed by atoms with van der Waals surface area (Å²) < 4.78 is 0. The summed E-state index contributed by atoms with van der Waals surface area (Å²) in [7, 11) is 0. The summed E-state index contributed by atoms with van der Waals surface area (Å²) in [6.45, 7) is 0. The normalized spacial score (nSPS) is 14.3. The van der Waals surface area contributed by atoms with Crippen LogP contribution in [0.3, 0.4) is 0 Å². The molecule has 2 heterocycles. The lowest BCUT2D eigenvalue weighted by atomic mass is 9.95. The third-order valence-electron chi connectivity index (χ3n) is 4.91. The molecule has 0 atom stereocenters. The lowest BCUT2D eigenvalue weighted by Gasteiger charge is -2.20. The Morgan fingerprint density at radius 2 is 0.885 bits per heavy atom. The van der Waals surface area contributed by atoms with Crippen molar-refractivity contribution in [2.45, 2.75) is 0 Å². The highest BCUT2D eigenvalue weighted by molar-refractivity contribution is 5.89. The quantitative estimate of drug-likeness (QED) is 0.741. The van der Waals surface area contributed by atoms with Gasteiger partial charge in [-0.15, -0.1) is 0 Å². The highest BCUT2D eigenvalue weighted by Crippen LogP contribution is 2.25. The molecule has 0 aliphatic carbocycles. The highest BCUT2D eigenvalue weighted by Gasteiger charge is 2.15. The van der Waals surface area contributed by atoms with Gasteiger partial charge < -0.3 is 10.6 Å². The molecule has 2 nitrogen and oxygen atoms in total. The molecule has 0 unspecified atom stereocenters. The van der Waals surface area contributed by atoms with Crippen LogP contribution in [0.2, 0.25) is 0 Å². The number of hydrogen-bond acceptors (Lipinski definition) is 2. The molecule has 26 heavy (non-hydrogen) atoms. The van der Waals surface area contributed by atoms with E-state index in [1.165, 1.54) is 32.7 Å². The fourth-order valence-electron chi connectivity index (χ4n) is 3.69. The first-order valence-corrected chi connectivity index (χ1v) is 8.80. The van der Waals surface area contributed by atoms with Crippen molar-refractivity contribution in [3.05, 3.63) is 119 Å². The molecule has 2 N–H and O–H groups in total. The van der Waals surface area contributed by atoms with Gasteiger partial charge in [-0.2, -0.15) is 0 Å². The van der Waals surface area contributed by atoms with Gasteiger partial charge in [0.15, 0.2) is 0 Å². The standard InChI is InChI=1S/C24H18N2/c1-3-7-17(8-4-1)19-13-15-25-23-21(19)11-12-22-20(14-16-26-24(22)23)18-9-5-2-6-10-18/h1-16,25-26H. The zero-order valence-electron chi connectivity index (χ0n) is 14.2. The van der Waals surface area contributed by atoms with Gasteiger partial charge in [-0.1, -0.05) is 72.8 Å². The van der Waals surface area contributed by atoms with Gasteiger partial charge in [0.1, 0.15) is 0 Å². The van der Waals surface area contributed by atoms with Gasteiger partial charge >= 0.3 is 0 Å². The fourth-order valence-corrected chi connectivity index (χ4v) is 3.69. The predicted molar refractivity (Wildman–Crippen MR) is 109 cm³/mol. The summed E-state index contributed by atoms with van der Waals surface area (Å²) in [5.74, 6) is 0. The Hall–Kier alpha value is -3.52. The van der Waals surface area contributed by atoms with Crippen LogP contribution in [0, 0.1) is 0 Å². The summed E-state index contributed by atoms with van der Waals surface area (Å²) in [5.41, 5.74) is 7.18. The molecule has 0 bridgehead atoms. The first kappa shape index (κ1) is 14.8. The molecule has 0 spiro atoms. The second-order valence-electron chi connectivity index (χ2n) is 6.43. The van der Waals surface area contributed by atoms with E-state index in [4.69, 9.17) is 0 Å². The first-order chi connectivity index (χ1) is 12.9. The molecule has 0 fully saturated rings. The van der Waals surface area contributed by atoms with Gasteiger partial charge in [0.25, 0.3) is 0 Å². The van der Waals surface area contributed by atoms with Gasteiger partial charge in [-0.05, 0) is 34.4 Å². The van der Waals surface area contributed by atoms with Crippen LogP contribution in [0.25, 0.3) is 11.1 Å². The van der Waals surface area contributed by atoms with Crippen LogP contribution >= 0.6 is 0 Å². The van der Waals surface area contributed by atoms with E-state index >= 15 is 0 Å². The molecule has 2 aliphatic rings. The van der Waals surface area contributed by atoms with Crippen LogP contribution in [0.4, 0.5) is 11.4 Å². The van der Waals surface area contributed by atoms with E-state index in [9.17, 15) is 0 Å². The van der Waals surface area contributed by atoms with E-state index in [2.05, 4.69) is 95.6 Å². The zero-order valence-corrected chi connectivity index (χ0v) is 14.2. The highest BCUT2D eigenvalue weighted by atomic mass is 14.9. The van der Waals surface area contributed by atoms with Gasteiger partial charge in [-0.25, -0.2) is 0 Å². The number of hydrogen-bond donors (Lipinski definition) is 2. The summed E-state index contributed by atoms with van der Waals surface area (Å²) >= 11 is 0. The maximum atomic E-state index is 3.45. The van der Waals surface area contributed by atoms with Crippen molar-refractivity contribution in [1.29, 1.82) is 0 Å². The van der Waals surface area contributed by atoms with Crippen LogP contribution < -0.4 is 21.1 Å². The minimum absolute atomic E-state index is 1.13. The van der Waals surface area contributed by atoms with Crippen molar-refractivity contribution in [1.82, 2.24) is 0 Å². The van der Waals surface area contributed by atoms with Crippen LogP contribution in [0.15, 0.2) is 97.3 Å². The molecule has 5 rings (SSSR count). The Morgan fingerprint density at radius 1 is 0.462 bits per heavy atom. The molecule has 0 saturated carbocycles. The maximum absolute atomic E-state index is 3.45. The minimum Gasteiger partial charge on any atom is -0.359 e. The number of anilines is 2. The van der Waals surface area contributed by atoms with Gasteiger partial charge in [0.2, 0.25) is 0 Å². The Kier molecular flexibility index (Phi) is 3.46. The van der Waals surface area contributed by atoms with Crippen molar-refractivity contribution in [2.24, 2.45) is 0 Å². The lowest BCUT2D eigenvalue weighted by Crippen LogP contribution is -2.25. The largest absolute Gasteiger partial charge is 0.359 e. The minimum atomic E-state index is 1.13. The second-order valence-corrected chi connectivity index (χ2v) is 6.43. The van der Waals surface area contributed by atoms with Crippen LogP contribution in [0.1, 0.15) is 11.1 Å². The topological polar surface area (TPSA) is 24.1 Å². The van der Waals surface area contributed by atoms with E-state index in [0.29, 0.717) is 0 Å². The number of allylic oxidation sites excluding steroid dienone is 2. The number of benzene rings is 3. The second kappa shape index (κ2) is 6.08. The summed E-state index contributed by atoms with van der Waals surface area (Å²) in [6, 6.07) is 25.5. The average molecular weight is 334 g/mol. The van der Waals surface area contributed by atoms with E-state index in [1.54, 1.807) is 0 Å². The van der Waals surface area contributed by atoms with E-state index < -0.39 is 0 Å². The predicted octanol–water partition coefficient (Wildman–Crippen LogP) is 3.96. The van der Waals surface area contributed by atoms with Crippen molar-refractivity contribution in [2.75, 3.05) is 10.6 Å². The first-order valence-electron chi connectivity index (χ1n) is 8.80. The third kappa shape index (κ3) is 2.35. The Bertz CT molecular complexity index is 1060. The van der Waals surface area contributed by atoms with Crippen molar-refractivity contribution >= 4 is 22.5 Å². The monoisotopic (exact) mass is 334 g/mol. The molecule has 0 radical (unpaired) electrons. The van der Waals surface area contributed by atoms with Gasteiger partial charge in [-0.3, -0.25) is 0 Å². The molecule has 0 amide bonds. The Balaban J connectivity index is 1.82. The third-order valence-corrected chi connectivity index (χ3v) is 4.91. The molecule has 3 aromatic rings. The molecule has 124 valence electrons. The summed E-state index contributed by atoms with van der Waals surface area (Å²) in [5, 5.41) is 9.33. The van der Waals surface area contributed by atoms with Crippen molar-refractivity contribution in [3.63, 3.8) is 0 Å². The van der Waals surface area contributed by atoms with Crippen LogP contribution in [-0.2, 0) is 0 Å². The SMILES string of the molecule is C1=CC(c2ccccc2)=c2ccc3c(c2N1)NC=CC=3c1ccccc1. The molecule has 0 saturated heterocycles. The molecule has 2 heteroatoms. The van der Waals surface area contributed by atoms with Crippen molar-refractivity contribution < 1.29 is 0 Å². The van der Waals surface area contributed by atoms with Crippen LogP contribution in [-0.4, -0.2) is 0 Å². The molecular formula is C24H18N2. The van der Waals surface area contributed by atoms with Crippen LogP contribution in [0.5, 0.6) is 0 Å². The molecule has 2 aliphatic heterocycles. The van der Waals surface area contributed by atoms with E-state index in [-0.39, 0.29) is 0 Å². The van der Waals surface area contributed by atoms with E-state index in [1.807, 2.05) is 12.4 Å². The summed E-state index contributed by atoms with van der Waals surface area (Å²) in [6.07, 6.45) is 8.33. The molecular weight excluding hydrogens is 316 g/mol. The van der Waals surface area contributed by atoms with Crippen molar-refractivity contribution in [3.8, 4) is 0 Å². The Labute approximate surface area is 152 Å². The lowest BCUT2D eigenvalue weighted by molar-refractivity contribution is 1.38. The molecule has 3 aromatic carbocycles. The molecule has 0 aromatic heterocycles. The van der Waals surface area contributed by atoms with E-state index in [0.717, 1.165) is 11.4 Å².